The van der Waals surface area contributed by atoms with Crippen molar-refractivity contribution in [1.82, 2.24) is 15.0 Å². The lowest BCUT2D eigenvalue weighted by atomic mass is 9.87. The number of rotatable bonds is 4. The minimum Gasteiger partial charge on any atom is -0.208 e. The van der Waals surface area contributed by atoms with Gasteiger partial charge in [0.15, 0.2) is 17.5 Å². The van der Waals surface area contributed by atoms with Crippen molar-refractivity contribution in [2.75, 3.05) is 0 Å². The van der Waals surface area contributed by atoms with Gasteiger partial charge in [0.1, 0.15) is 0 Å². The van der Waals surface area contributed by atoms with Gasteiger partial charge in [-0.05, 0) is 50.0 Å². The van der Waals surface area contributed by atoms with Gasteiger partial charge in [0, 0.05) is 42.4 Å². The summed E-state index contributed by atoms with van der Waals surface area (Å²) in [6.45, 7) is 0. The van der Waals surface area contributed by atoms with E-state index in [2.05, 4.69) is 103 Å². The number of fused-ring (bicyclic) bond motifs is 1. The van der Waals surface area contributed by atoms with Gasteiger partial charge in [-0.15, -0.1) is 11.3 Å². The Bertz CT molecular complexity index is 2640. The molecule has 0 aliphatic rings. The van der Waals surface area contributed by atoms with Gasteiger partial charge >= 0.3 is 0 Å². The first-order valence-corrected chi connectivity index (χ1v) is 15.9. The summed E-state index contributed by atoms with van der Waals surface area (Å²) in [5.74, 6) is 2.00. The smallest absolute Gasteiger partial charge is 0.164 e. The normalized spacial score (nSPS) is 12.0. The van der Waals surface area contributed by atoms with Crippen molar-refractivity contribution in [2.45, 2.75) is 0 Å². The van der Waals surface area contributed by atoms with Crippen LogP contribution in [0.5, 0.6) is 0 Å². The van der Waals surface area contributed by atoms with E-state index in [1.807, 2.05) is 47.7 Å². The molecular weight excluding hydrogens is 567 g/mol. The lowest BCUT2D eigenvalue weighted by Crippen LogP contribution is -2.01. The van der Waals surface area contributed by atoms with Crippen LogP contribution in [0.1, 0.15) is 0 Å². The molecule has 0 saturated carbocycles. The lowest BCUT2D eigenvalue weighted by molar-refractivity contribution is 1.07. The molecule has 0 aliphatic carbocycles. The van der Waals surface area contributed by atoms with Crippen molar-refractivity contribution in [2.24, 2.45) is 0 Å². The highest BCUT2D eigenvalue weighted by Gasteiger charge is 2.23. The zero-order chi connectivity index (χ0) is 29.5. The zero-order valence-electron chi connectivity index (χ0n) is 24.0. The highest BCUT2D eigenvalue weighted by Crippen LogP contribution is 2.51. The second kappa shape index (κ2) is 9.39. The molecule has 10 rings (SSSR count). The molecule has 2 heterocycles. The molecule has 0 aliphatic heterocycles. The summed E-state index contributed by atoms with van der Waals surface area (Å²) in [5.41, 5.74) is 5.25. The third-order valence-electron chi connectivity index (χ3n) is 9.04. The van der Waals surface area contributed by atoms with Crippen LogP contribution in [-0.2, 0) is 0 Å². The first-order valence-electron chi connectivity index (χ1n) is 15.1. The lowest BCUT2D eigenvalue weighted by Gasteiger charge is -2.17. The van der Waals surface area contributed by atoms with Gasteiger partial charge in [-0.1, -0.05) is 127 Å². The second-order valence-corrected chi connectivity index (χ2v) is 12.6. The number of hydrogen-bond donors (Lipinski definition) is 0. The predicted molar refractivity (Wildman–Crippen MR) is 189 cm³/mol. The minimum atomic E-state index is 0.665. The molecule has 0 unspecified atom stereocenters. The summed E-state index contributed by atoms with van der Waals surface area (Å²) in [4.78, 5) is 15.1. The highest BCUT2D eigenvalue weighted by molar-refractivity contribution is 7.26. The van der Waals surface area contributed by atoms with E-state index in [-0.39, 0.29) is 0 Å². The maximum Gasteiger partial charge on any atom is 0.164 e. The maximum absolute atomic E-state index is 5.10. The van der Waals surface area contributed by atoms with Crippen molar-refractivity contribution in [3.63, 3.8) is 0 Å². The van der Waals surface area contributed by atoms with Crippen LogP contribution in [0.3, 0.4) is 0 Å². The van der Waals surface area contributed by atoms with Crippen LogP contribution in [0.25, 0.3) is 97.8 Å². The maximum atomic E-state index is 5.10. The van der Waals surface area contributed by atoms with Gasteiger partial charge < -0.3 is 0 Å². The average Bonchev–Trinajstić information content (AvgIpc) is 3.51. The second-order valence-electron chi connectivity index (χ2n) is 11.6. The predicted octanol–water partition coefficient (Wildman–Crippen LogP) is 11.2. The van der Waals surface area contributed by atoms with Gasteiger partial charge in [0.05, 0.1) is 0 Å². The van der Waals surface area contributed by atoms with Crippen molar-refractivity contribution in [1.29, 1.82) is 0 Å². The molecule has 8 aromatic carbocycles. The van der Waals surface area contributed by atoms with Crippen LogP contribution in [0.15, 0.2) is 140 Å². The van der Waals surface area contributed by atoms with Gasteiger partial charge in [-0.3, -0.25) is 0 Å². The highest BCUT2D eigenvalue weighted by atomic mass is 32.1. The van der Waals surface area contributed by atoms with Crippen molar-refractivity contribution >= 4 is 63.8 Å². The molecule has 45 heavy (non-hydrogen) atoms. The summed E-state index contributed by atoms with van der Waals surface area (Å²) in [5, 5.41) is 10.7. The summed E-state index contributed by atoms with van der Waals surface area (Å²) in [6.07, 6.45) is 0. The SMILES string of the molecule is c1ccc(-c2nc(-c3ccccc3)nc(-c3ccccc3-c3cc4ccc5cccc6c7cccc8sc3c(c87)c4c56)n2)cc1. The summed E-state index contributed by atoms with van der Waals surface area (Å²) in [6, 6.07) is 49.3. The van der Waals surface area contributed by atoms with E-state index in [0.29, 0.717) is 17.5 Å². The number of aromatic nitrogens is 3. The summed E-state index contributed by atoms with van der Waals surface area (Å²) in [7, 11) is 0. The van der Waals surface area contributed by atoms with Crippen LogP contribution in [-0.4, -0.2) is 15.0 Å². The zero-order valence-corrected chi connectivity index (χ0v) is 24.8. The Morgan fingerprint density at radius 3 is 1.71 bits per heavy atom. The molecule has 0 amide bonds. The van der Waals surface area contributed by atoms with Crippen molar-refractivity contribution in [3.05, 3.63) is 140 Å². The molecule has 208 valence electrons. The van der Waals surface area contributed by atoms with Crippen LogP contribution < -0.4 is 0 Å². The van der Waals surface area contributed by atoms with Crippen LogP contribution >= 0.6 is 11.3 Å². The monoisotopic (exact) mass is 589 g/mol. The molecule has 0 fully saturated rings. The molecule has 0 spiro atoms. The van der Waals surface area contributed by atoms with E-state index in [0.717, 1.165) is 22.3 Å². The molecule has 0 radical (unpaired) electrons. The molecule has 10 aromatic rings. The van der Waals surface area contributed by atoms with E-state index in [9.17, 15) is 0 Å². The average molecular weight is 590 g/mol. The third-order valence-corrected chi connectivity index (χ3v) is 10.2. The quantitative estimate of drug-likeness (QED) is 0.151. The van der Waals surface area contributed by atoms with Gasteiger partial charge in [0.2, 0.25) is 0 Å². The van der Waals surface area contributed by atoms with E-state index < -0.39 is 0 Å². The van der Waals surface area contributed by atoms with Crippen molar-refractivity contribution < 1.29 is 0 Å². The van der Waals surface area contributed by atoms with Crippen LogP contribution in [0.4, 0.5) is 0 Å². The Hall–Kier alpha value is -5.71. The molecule has 0 bridgehead atoms. The number of hydrogen-bond acceptors (Lipinski definition) is 4. The summed E-state index contributed by atoms with van der Waals surface area (Å²) < 4.78 is 2.62. The standard InChI is InChI=1S/C41H23N3S/c1-3-11-25(12-4-1)39-42-40(26-13-5-2-6-14-26)44-41(43-39)31-17-8-7-16-28(31)32-23-27-22-21-24-15-9-18-29-30-19-10-20-33-36(30)37(38(32)45-33)35(27)34(24)29/h1-23H. The topological polar surface area (TPSA) is 38.7 Å². The minimum absolute atomic E-state index is 0.665. The Labute approximate surface area is 262 Å². The van der Waals surface area contributed by atoms with Gasteiger partial charge in [-0.25, -0.2) is 15.0 Å². The third kappa shape index (κ3) is 3.60. The molecule has 3 nitrogen and oxygen atoms in total. The first kappa shape index (κ1) is 24.7. The Morgan fingerprint density at radius 2 is 0.978 bits per heavy atom. The molecule has 2 aromatic heterocycles. The fourth-order valence-corrected chi connectivity index (χ4v) is 8.34. The van der Waals surface area contributed by atoms with Crippen molar-refractivity contribution in [3.8, 4) is 45.3 Å². The van der Waals surface area contributed by atoms with Gasteiger partial charge in [0.25, 0.3) is 0 Å². The first-order chi connectivity index (χ1) is 22.3. The number of thiophene rings is 1. The van der Waals surface area contributed by atoms with Gasteiger partial charge in [-0.2, -0.15) is 0 Å². The Balaban J connectivity index is 1.29. The molecule has 0 N–H and O–H groups in total. The number of nitrogens with zero attached hydrogens (tertiary/aromatic N) is 3. The van der Waals surface area contributed by atoms with E-state index in [1.165, 1.54) is 58.1 Å². The fourth-order valence-electron chi connectivity index (χ4n) is 7.07. The summed E-state index contributed by atoms with van der Waals surface area (Å²) >= 11 is 1.89. The molecular formula is C41H23N3S. The molecule has 0 atom stereocenters. The van der Waals surface area contributed by atoms with E-state index in [4.69, 9.17) is 15.0 Å². The molecule has 4 heteroatoms. The fraction of sp³-hybridized carbons (Fsp3) is 0. The molecule has 0 saturated heterocycles. The van der Waals surface area contributed by atoms with Crippen LogP contribution in [0.2, 0.25) is 0 Å². The van der Waals surface area contributed by atoms with E-state index >= 15 is 0 Å². The van der Waals surface area contributed by atoms with Crippen LogP contribution in [0, 0.1) is 0 Å². The Morgan fingerprint density at radius 1 is 0.378 bits per heavy atom. The largest absolute Gasteiger partial charge is 0.208 e. The Kier molecular flexibility index (Phi) is 5.16. The van der Waals surface area contributed by atoms with E-state index in [1.54, 1.807) is 0 Å². The number of benzene rings is 8.